The van der Waals surface area contributed by atoms with Gasteiger partial charge >= 0.3 is 0 Å². The second kappa shape index (κ2) is 3.86. The first-order valence-electron chi connectivity index (χ1n) is 4.53. The Kier molecular flexibility index (Phi) is 2.99. The monoisotopic (exact) mass is 195 g/mol. The zero-order chi connectivity index (χ0) is 10.8. The van der Waals surface area contributed by atoms with Gasteiger partial charge in [0.25, 0.3) is 0 Å². The lowest BCUT2D eigenvalue weighted by atomic mass is 9.88. The van der Waals surface area contributed by atoms with E-state index in [0.29, 0.717) is 6.42 Å². The van der Waals surface area contributed by atoms with Crippen molar-refractivity contribution in [1.82, 2.24) is 4.98 Å². The van der Waals surface area contributed by atoms with Crippen LogP contribution in [0.5, 0.6) is 0 Å². The summed E-state index contributed by atoms with van der Waals surface area (Å²) in [6, 6.07) is 1.42. The molecule has 0 saturated heterocycles. The minimum atomic E-state index is -0.540. The lowest BCUT2D eigenvalue weighted by molar-refractivity contribution is 0.0935. The van der Waals surface area contributed by atoms with Crippen LogP contribution in [0.1, 0.15) is 37.6 Å². The maximum absolute atomic E-state index is 13.1. The van der Waals surface area contributed by atoms with Crippen molar-refractivity contribution in [2.75, 3.05) is 0 Å². The van der Waals surface area contributed by atoms with Gasteiger partial charge in [-0.2, -0.15) is 0 Å². The van der Waals surface area contributed by atoms with Crippen molar-refractivity contribution in [3.8, 4) is 0 Å². The van der Waals surface area contributed by atoms with Gasteiger partial charge in [0, 0.05) is 12.6 Å². The van der Waals surface area contributed by atoms with Crippen LogP contribution in [0.3, 0.4) is 0 Å². The van der Waals surface area contributed by atoms with Gasteiger partial charge in [0.15, 0.2) is 11.6 Å². The predicted molar refractivity (Wildman–Crippen MR) is 52.6 cm³/mol. The van der Waals surface area contributed by atoms with E-state index in [4.69, 9.17) is 0 Å². The molecule has 0 aliphatic carbocycles. The summed E-state index contributed by atoms with van der Waals surface area (Å²) in [6.07, 6.45) is 2.84. The Morgan fingerprint density at radius 3 is 2.64 bits per heavy atom. The minimum Gasteiger partial charge on any atom is -0.294 e. The Labute approximate surface area is 83.2 Å². The van der Waals surface area contributed by atoms with Gasteiger partial charge in [-0.3, -0.25) is 9.78 Å². The number of ketones is 1. The molecular weight excluding hydrogens is 181 g/mol. The molecule has 0 amide bonds. The molecule has 0 aliphatic heterocycles. The van der Waals surface area contributed by atoms with E-state index in [1.807, 2.05) is 20.8 Å². The molecule has 2 nitrogen and oxygen atoms in total. The molecule has 1 heterocycles. The predicted octanol–water partition coefficient (Wildman–Crippen LogP) is 2.84. The first-order chi connectivity index (χ1) is 6.40. The van der Waals surface area contributed by atoms with Gasteiger partial charge in [-0.1, -0.05) is 20.8 Å². The number of carbonyl (C=O) groups is 1. The van der Waals surface area contributed by atoms with Crippen LogP contribution >= 0.6 is 0 Å². The van der Waals surface area contributed by atoms with Gasteiger partial charge in [-0.05, 0) is 11.5 Å². The summed E-state index contributed by atoms with van der Waals surface area (Å²) in [5, 5.41) is 0. The first kappa shape index (κ1) is 10.8. The molecule has 14 heavy (non-hydrogen) atoms. The highest BCUT2D eigenvalue weighted by Crippen LogP contribution is 2.22. The summed E-state index contributed by atoms with van der Waals surface area (Å²) >= 11 is 0. The molecule has 0 aromatic carbocycles. The molecule has 0 radical (unpaired) electrons. The summed E-state index contributed by atoms with van der Waals surface area (Å²) in [5.41, 5.74) is 0.0159. The molecule has 0 atom stereocenters. The molecule has 0 fully saturated rings. The first-order valence-corrected chi connectivity index (χ1v) is 4.53. The molecule has 1 rings (SSSR count). The standard InChI is InChI=1S/C11H14FNO/c1-11(2,3)6-10(14)8-4-5-13-7-9(8)12/h4-5,7H,6H2,1-3H3. The van der Waals surface area contributed by atoms with Crippen LogP contribution in [-0.2, 0) is 0 Å². The second-order valence-electron chi connectivity index (χ2n) is 4.52. The Morgan fingerprint density at radius 2 is 2.14 bits per heavy atom. The molecular formula is C11H14FNO. The van der Waals surface area contributed by atoms with Crippen molar-refractivity contribution in [1.29, 1.82) is 0 Å². The molecule has 76 valence electrons. The van der Waals surface area contributed by atoms with Gasteiger partial charge in [-0.25, -0.2) is 4.39 Å². The molecule has 0 saturated carbocycles. The Bertz CT molecular complexity index is 341. The number of carbonyl (C=O) groups excluding carboxylic acids is 1. The highest BCUT2D eigenvalue weighted by atomic mass is 19.1. The van der Waals surface area contributed by atoms with E-state index in [1.165, 1.54) is 12.3 Å². The van der Waals surface area contributed by atoms with Crippen LogP contribution in [0.15, 0.2) is 18.5 Å². The number of rotatable bonds is 2. The average molecular weight is 195 g/mol. The maximum Gasteiger partial charge on any atom is 0.166 e. The summed E-state index contributed by atoms with van der Waals surface area (Å²) in [5.74, 6) is -0.709. The van der Waals surface area contributed by atoms with E-state index in [2.05, 4.69) is 4.98 Å². The summed E-state index contributed by atoms with van der Waals surface area (Å²) in [4.78, 5) is 15.2. The average Bonchev–Trinajstić information content (AvgIpc) is 2.01. The third-order valence-corrected chi connectivity index (χ3v) is 1.76. The van der Waals surface area contributed by atoms with Crippen LogP contribution in [0.2, 0.25) is 0 Å². The molecule has 1 aromatic rings. The number of aromatic nitrogens is 1. The molecule has 0 unspecified atom stereocenters. The van der Waals surface area contributed by atoms with Crippen molar-refractivity contribution < 1.29 is 9.18 Å². The Hall–Kier alpha value is -1.25. The van der Waals surface area contributed by atoms with E-state index in [0.717, 1.165) is 6.20 Å². The largest absolute Gasteiger partial charge is 0.294 e. The minimum absolute atomic E-state index is 0.118. The van der Waals surface area contributed by atoms with Gasteiger partial charge in [0.2, 0.25) is 0 Å². The highest BCUT2D eigenvalue weighted by Gasteiger charge is 2.19. The van der Waals surface area contributed by atoms with Crippen LogP contribution in [0.25, 0.3) is 0 Å². The van der Waals surface area contributed by atoms with Crippen LogP contribution in [0, 0.1) is 11.2 Å². The molecule has 0 aliphatic rings. The number of hydrogen-bond acceptors (Lipinski definition) is 2. The lowest BCUT2D eigenvalue weighted by Gasteiger charge is -2.16. The summed E-state index contributed by atoms with van der Waals surface area (Å²) in [6.45, 7) is 5.85. The molecule has 0 N–H and O–H groups in total. The number of halogens is 1. The number of Topliss-reactive ketones (excluding diaryl/α,β-unsaturated/α-hetero) is 1. The normalized spacial score (nSPS) is 11.4. The zero-order valence-corrected chi connectivity index (χ0v) is 8.67. The van der Waals surface area contributed by atoms with Crippen LogP contribution < -0.4 is 0 Å². The van der Waals surface area contributed by atoms with Crippen LogP contribution in [0.4, 0.5) is 4.39 Å². The zero-order valence-electron chi connectivity index (χ0n) is 8.67. The van der Waals surface area contributed by atoms with Gasteiger partial charge in [-0.15, -0.1) is 0 Å². The molecule has 0 spiro atoms. The van der Waals surface area contributed by atoms with Crippen molar-refractivity contribution >= 4 is 5.78 Å². The quantitative estimate of drug-likeness (QED) is 0.679. The number of hydrogen-bond donors (Lipinski definition) is 0. The third-order valence-electron chi connectivity index (χ3n) is 1.76. The van der Waals surface area contributed by atoms with Gasteiger partial charge in [0.1, 0.15) is 0 Å². The summed E-state index contributed by atoms with van der Waals surface area (Å²) in [7, 11) is 0. The SMILES string of the molecule is CC(C)(C)CC(=O)c1ccncc1F. The van der Waals surface area contributed by atoms with Crippen molar-refractivity contribution in [3.05, 3.63) is 29.8 Å². The topological polar surface area (TPSA) is 30.0 Å². The Morgan fingerprint density at radius 1 is 1.50 bits per heavy atom. The van der Waals surface area contributed by atoms with E-state index in [1.54, 1.807) is 0 Å². The van der Waals surface area contributed by atoms with E-state index < -0.39 is 5.82 Å². The smallest absolute Gasteiger partial charge is 0.166 e. The van der Waals surface area contributed by atoms with E-state index in [-0.39, 0.29) is 16.8 Å². The molecule has 3 heteroatoms. The number of pyridine rings is 1. The van der Waals surface area contributed by atoms with Crippen molar-refractivity contribution in [2.45, 2.75) is 27.2 Å². The highest BCUT2D eigenvalue weighted by molar-refractivity contribution is 5.96. The fourth-order valence-electron chi connectivity index (χ4n) is 1.18. The second-order valence-corrected chi connectivity index (χ2v) is 4.52. The fourth-order valence-corrected chi connectivity index (χ4v) is 1.18. The van der Waals surface area contributed by atoms with Gasteiger partial charge in [0.05, 0.1) is 11.8 Å². The van der Waals surface area contributed by atoms with Gasteiger partial charge < -0.3 is 0 Å². The van der Waals surface area contributed by atoms with Crippen LogP contribution in [-0.4, -0.2) is 10.8 Å². The molecule has 0 bridgehead atoms. The van der Waals surface area contributed by atoms with Crippen molar-refractivity contribution in [3.63, 3.8) is 0 Å². The van der Waals surface area contributed by atoms with Crippen molar-refractivity contribution in [2.24, 2.45) is 5.41 Å². The van der Waals surface area contributed by atoms with E-state index in [9.17, 15) is 9.18 Å². The summed E-state index contributed by atoms with van der Waals surface area (Å²) < 4.78 is 13.1. The van der Waals surface area contributed by atoms with E-state index >= 15 is 0 Å². The maximum atomic E-state index is 13.1. The molecule has 1 aromatic heterocycles. The fraction of sp³-hybridized carbons (Fsp3) is 0.455. The Balaban J connectivity index is 2.86. The number of nitrogens with zero attached hydrogens (tertiary/aromatic N) is 1. The third kappa shape index (κ3) is 2.91. The lowest BCUT2D eigenvalue weighted by Crippen LogP contribution is -2.14.